The fourth-order valence-corrected chi connectivity index (χ4v) is 2.96. The van der Waals surface area contributed by atoms with E-state index in [2.05, 4.69) is 67.3 Å². The van der Waals surface area contributed by atoms with Gasteiger partial charge in [0, 0.05) is 22.8 Å². The molecule has 0 saturated heterocycles. The van der Waals surface area contributed by atoms with E-state index in [0.29, 0.717) is 0 Å². The molecular weight excluding hydrogens is 368 g/mol. The van der Waals surface area contributed by atoms with Crippen LogP contribution in [0.4, 0.5) is 17.1 Å². The molecule has 4 rings (SSSR count). The third-order valence-electron chi connectivity index (χ3n) is 4.65. The van der Waals surface area contributed by atoms with E-state index in [4.69, 9.17) is 16.6 Å². The zero-order valence-corrected chi connectivity index (χ0v) is 17.3. The van der Waals surface area contributed by atoms with Crippen LogP contribution in [-0.2, 0) is 0 Å². The van der Waals surface area contributed by atoms with Crippen molar-refractivity contribution >= 4 is 28.5 Å². The molecule has 4 heteroatoms. The van der Waals surface area contributed by atoms with Gasteiger partial charge in [0.05, 0.1) is 11.4 Å². The van der Waals surface area contributed by atoms with Crippen LogP contribution < -0.4 is 10.6 Å². The highest BCUT2D eigenvalue weighted by Crippen LogP contribution is 2.31. The number of hydrogen-bond acceptors (Lipinski definition) is 4. The van der Waals surface area contributed by atoms with Crippen molar-refractivity contribution in [3.05, 3.63) is 114 Å². The molecule has 0 spiro atoms. The summed E-state index contributed by atoms with van der Waals surface area (Å²) in [7, 11) is 0. The van der Waals surface area contributed by atoms with Gasteiger partial charge in [0.1, 0.15) is 0 Å². The first-order valence-corrected chi connectivity index (χ1v) is 9.75. The lowest BCUT2D eigenvalue weighted by Gasteiger charge is -2.28. The highest BCUT2D eigenvalue weighted by atomic mass is 15.1. The van der Waals surface area contributed by atoms with Crippen LogP contribution in [0.2, 0.25) is 0 Å². The number of nitrogens with one attached hydrogen (secondary N) is 2. The van der Waals surface area contributed by atoms with E-state index in [1.54, 1.807) is 12.2 Å². The van der Waals surface area contributed by atoms with Gasteiger partial charge in [-0.25, -0.2) is 0 Å². The van der Waals surface area contributed by atoms with E-state index in [1.165, 1.54) is 11.1 Å². The highest BCUT2D eigenvalue weighted by Gasteiger charge is 2.16. The second-order valence-electron chi connectivity index (χ2n) is 7.15. The van der Waals surface area contributed by atoms with Gasteiger partial charge in [-0.15, -0.1) is 0 Å². The topological polar surface area (TPSA) is 77.0 Å². The minimum Gasteiger partial charge on any atom is -0.399 e. The number of aryl methyl sites for hydroxylation is 2. The van der Waals surface area contributed by atoms with Gasteiger partial charge in [-0.3, -0.25) is 10.8 Å². The third kappa shape index (κ3) is 5.32. The largest absolute Gasteiger partial charge is 0.399 e. The first-order valence-electron chi connectivity index (χ1n) is 9.75. The van der Waals surface area contributed by atoms with Crippen LogP contribution >= 0.6 is 0 Å². The van der Waals surface area contributed by atoms with Crippen LogP contribution in [0.3, 0.4) is 0 Å². The number of anilines is 3. The number of nitrogens with two attached hydrogens (primary N) is 1. The van der Waals surface area contributed by atoms with Crippen molar-refractivity contribution in [2.45, 2.75) is 13.8 Å². The lowest BCUT2D eigenvalue weighted by molar-refractivity contribution is 1.20. The van der Waals surface area contributed by atoms with E-state index in [-0.39, 0.29) is 11.4 Å². The van der Waals surface area contributed by atoms with Crippen LogP contribution in [0, 0.1) is 24.7 Å². The molecule has 30 heavy (non-hydrogen) atoms. The summed E-state index contributed by atoms with van der Waals surface area (Å²) in [5.74, 6) is 0. The number of nitrogens with zero attached hydrogens (tertiary/aromatic N) is 1. The predicted octanol–water partition coefficient (Wildman–Crippen LogP) is 6.20. The Kier molecular flexibility index (Phi) is 6.60. The van der Waals surface area contributed by atoms with E-state index >= 15 is 0 Å². The Bertz CT molecular complexity index is 1030. The maximum absolute atomic E-state index is 7.93. The zero-order valence-electron chi connectivity index (χ0n) is 17.3. The smallest absolute Gasteiger partial charge is 0.0810 e. The molecule has 1 aliphatic carbocycles. The number of rotatable bonds is 3. The average molecular weight is 395 g/mol. The zero-order chi connectivity index (χ0) is 21.5. The van der Waals surface area contributed by atoms with Crippen molar-refractivity contribution in [3.8, 4) is 0 Å². The summed E-state index contributed by atoms with van der Waals surface area (Å²) in [5, 5.41) is 15.6. The number of allylic oxidation sites excluding steroid dienone is 3. The predicted molar refractivity (Wildman–Crippen MR) is 128 cm³/mol. The molecule has 0 bridgehead atoms. The van der Waals surface area contributed by atoms with Crippen molar-refractivity contribution < 1.29 is 0 Å². The molecule has 0 atom stereocenters. The molecular formula is C26H26N4. The molecule has 0 amide bonds. The Balaban J connectivity index is 0.000000310. The summed E-state index contributed by atoms with van der Waals surface area (Å²) in [5.41, 5.74) is 12.0. The summed E-state index contributed by atoms with van der Waals surface area (Å²) < 4.78 is 0. The van der Waals surface area contributed by atoms with Gasteiger partial charge in [0.2, 0.25) is 0 Å². The Morgan fingerprint density at radius 1 is 0.633 bits per heavy atom. The first-order chi connectivity index (χ1) is 14.4. The standard InChI is InChI=1S/C20H19N3.C6H7N/c1-14-3-7-16(8-4-14)23(17-9-5-15(2)6-10-17)18-11-12-19(21)20(22)13-18;7-6-4-2-1-3-5-6/h3-13,21-22H,1-2H3;1-5H,7H2. The third-order valence-corrected chi connectivity index (χ3v) is 4.65. The molecule has 0 heterocycles. The normalized spacial score (nSPS) is 12.7. The van der Waals surface area contributed by atoms with Gasteiger partial charge in [0.15, 0.2) is 0 Å². The van der Waals surface area contributed by atoms with E-state index in [0.717, 1.165) is 22.8 Å². The SMILES string of the molecule is Cc1ccc(N(C2=CC(=N)C(=N)C=C2)c2ccc(C)cc2)cc1.Nc1ccccc1. The maximum Gasteiger partial charge on any atom is 0.0810 e. The molecule has 0 aliphatic heterocycles. The minimum absolute atomic E-state index is 0.228. The average Bonchev–Trinajstić information content (AvgIpc) is 2.75. The van der Waals surface area contributed by atoms with Crippen molar-refractivity contribution in [3.63, 3.8) is 0 Å². The van der Waals surface area contributed by atoms with Crippen LogP contribution in [-0.4, -0.2) is 11.4 Å². The molecule has 150 valence electrons. The Hall–Kier alpha value is -3.92. The van der Waals surface area contributed by atoms with E-state index in [1.807, 2.05) is 36.4 Å². The fraction of sp³-hybridized carbons (Fsp3) is 0.0769. The van der Waals surface area contributed by atoms with Gasteiger partial charge in [-0.2, -0.15) is 0 Å². The second kappa shape index (κ2) is 9.52. The van der Waals surface area contributed by atoms with Crippen molar-refractivity contribution in [1.29, 1.82) is 10.8 Å². The summed E-state index contributed by atoms with van der Waals surface area (Å²) in [6.07, 6.45) is 5.30. The van der Waals surface area contributed by atoms with Gasteiger partial charge in [0.25, 0.3) is 0 Å². The van der Waals surface area contributed by atoms with Crippen molar-refractivity contribution in [1.82, 2.24) is 0 Å². The molecule has 0 fully saturated rings. The quantitative estimate of drug-likeness (QED) is 0.365. The number of nitrogen functional groups attached to an aromatic ring is 1. The Morgan fingerprint density at radius 3 is 1.53 bits per heavy atom. The highest BCUT2D eigenvalue weighted by molar-refractivity contribution is 6.49. The Labute approximate surface area is 178 Å². The summed E-state index contributed by atoms with van der Waals surface area (Å²) in [6.45, 7) is 4.13. The molecule has 0 radical (unpaired) electrons. The fourth-order valence-electron chi connectivity index (χ4n) is 2.96. The Morgan fingerprint density at radius 2 is 1.13 bits per heavy atom. The minimum atomic E-state index is 0.228. The molecule has 4 nitrogen and oxygen atoms in total. The molecule has 1 aliphatic rings. The lowest BCUT2D eigenvalue weighted by atomic mass is 10.1. The molecule has 0 saturated carbocycles. The van der Waals surface area contributed by atoms with Crippen molar-refractivity contribution in [2.75, 3.05) is 10.6 Å². The monoisotopic (exact) mass is 394 g/mol. The van der Waals surface area contributed by atoms with Crippen molar-refractivity contribution in [2.24, 2.45) is 0 Å². The maximum atomic E-state index is 7.93. The molecule has 0 aromatic heterocycles. The summed E-state index contributed by atoms with van der Waals surface area (Å²) >= 11 is 0. The van der Waals surface area contributed by atoms with Crippen LogP contribution in [0.25, 0.3) is 0 Å². The molecule has 3 aromatic carbocycles. The van der Waals surface area contributed by atoms with Crippen LogP contribution in [0.15, 0.2) is 103 Å². The van der Waals surface area contributed by atoms with E-state index < -0.39 is 0 Å². The van der Waals surface area contributed by atoms with Crippen LogP contribution in [0.5, 0.6) is 0 Å². The molecule has 3 aromatic rings. The van der Waals surface area contributed by atoms with Gasteiger partial charge in [-0.1, -0.05) is 53.6 Å². The summed E-state index contributed by atoms with van der Waals surface area (Å²) in [4.78, 5) is 2.11. The second-order valence-corrected chi connectivity index (χ2v) is 7.15. The van der Waals surface area contributed by atoms with E-state index in [9.17, 15) is 0 Å². The van der Waals surface area contributed by atoms with Gasteiger partial charge >= 0.3 is 0 Å². The van der Waals surface area contributed by atoms with Gasteiger partial charge < -0.3 is 10.6 Å². The number of para-hydroxylation sites is 1. The first kappa shape index (κ1) is 20.8. The summed E-state index contributed by atoms with van der Waals surface area (Å²) in [6, 6.07) is 26.1. The van der Waals surface area contributed by atoms with Gasteiger partial charge in [-0.05, 0) is 68.5 Å². The van der Waals surface area contributed by atoms with Crippen LogP contribution in [0.1, 0.15) is 11.1 Å². The lowest BCUT2D eigenvalue weighted by Crippen LogP contribution is -2.21. The number of hydrogen-bond donors (Lipinski definition) is 3. The molecule has 0 unspecified atom stereocenters. The molecule has 4 N–H and O–H groups in total. The number of benzene rings is 3.